The molecule has 1 aliphatic heterocycles. The first-order valence-electron chi connectivity index (χ1n) is 14.3. The van der Waals surface area contributed by atoms with E-state index in [1.165, 1.54) is 5.56 Å². The smallest absolute Gasteiger partial charge is 0.0868 e. The van der Waals surface area contributed by atoms with E-state index in [4.69, 9.17) is 0 Å². The van der Waals surface area contributed by atoms with Crippen molar-refractivity contribution in [3.05, 3.63) is 102 Å². The summed E-state index contributed by atoms with van der Waals surface area (Å²) in [5.41, 5.74) is 7.24. The molecular formula is C33H41N5O2S. The molecule has 0 saturated heterocycles. The Morgan fingerprint density at radius 2 is 1.93 bits per heavy atom. The largest absolute Gasteiger partial charge is 0.390 e. The van der Waals surface area contributed by atoms with Crippen LogP contribution in [0, 0.1) is 0 Å². The number of aryl methyl sites for hydroxylation is 2. The van der Waals surface area contributed by atoms with Gasteiger partial charge in [0.2, 0.25) is 0 Å². The van der Waals surface area contributed by atoms with Crippen LogP contribution in [0.3, 0.4) is 0 Å². The third kappa shape index (κ3) is 6.20. The summed E-state index contributed by atoms with van der Waals surface area (Å²) in [5, 5.41) is 21.3. The van der Waals surface area contributed by atoms with Gasteiger partial charge < -0.3 is 24.6 Å². The van der Waals surface area contributed by atoms with Crippen molar-refractivity contribution in [1.29, 1.82) is 0 Å². The summed E-state index contributed by atoms with van der Waals surface area (Å²) in [7, 11) is -0.382. The van der Waals surface area contributed by atoms with Crippen molar-refractivity contribution in [1.82, 2.24) is 20.2 Å². The maximum atomic E-state index is 13.8. The van der Waals surface area contributed by atoms with E-state index >= 15 is 0 Å². The standard InChI is InChI=1S/C33H41N5O2S/c1-5-27-23-38-16-17-41(40,6-2)37(4)31-20-28(19-29(27)33(31)38)24(3)36-30(18-25-10-8-7-9-11-25)32(39)22-35-21-26-12-14-34-15-13-26/h6-15,19-20,23,30,32,35-36,39H,3,5,16-18,21-22H2,1-2,4H3. The molecule has 0 saturated carbocycles. The Kier molecular flexibility index (Phi) is 8.82. The fourth-order valence-corrected chi connectivity index (χ4v) is 7.39. The summed E-state index contributed by atoms with van der Waals surface area (Å²) >= 11 is 0. The number of nitrogens with one attached hydrogen (secondary N) is 2. The molecule has 0 radical (unpaired) electrons. The van der Waals surface area contributed by atoms with Crippen LogP contribution < -0.4 is 14.9 Å². The minimum atomic E-state index is -2.31. The molecule has 41 heavy (non-hydrogen) atoms. The van der Waals surface area contributed by atoms with Crippen LogP contribution in [0.1, 0.15) is 36.1 Å². The van der Waals surface area contributed by atoms with Crippen LogP contribution in [0.15, 0.2) is 79.8 Å². The maximum absolute atomic E-state index is 13.8. The highest BCUT2D eigenvalue weighted by atomic mass is 32.2. The van der Waals surface area contributed by atoms with Crippen LogP contribution >= 0.6 is 0 Å². The predicted octanol–water partition coefficient (Wildman–Crippen LogP) is 4.39. The van der Waals surface area contributed by atoms with E-state index in [9.17, 15) is 9.32 Å². The van der Waals surface area contributed by atoms with E-state index < -0.39 is 15.8 Å². The lowest BCUT2D eigenvalue weighted by Crippen LogP contribution is -2.45. The molecule has 8 heteroatoms. The van der Waals surface area contributed by atoms with Gasteiger partial charge in [-0.1, -0.05) is 43.8 Å². The Morgan fingerprint density at radius 3 is 2.63 bits per heavy atom. The number of hydrogen-bond acceptors (Lipinski definition) is 5. The van der Waals surface area contributed by atoms with Crippen LogP contribution in [-0.4, -0.2) is 55.7 Å². The second kappa shape index (κ2) is 12.5. The zero-order valence-corrected chi connectivity index (χ0v) is 25.0. The van der Waals surface area contributed by atoms with Crippen LogP contribution in [0.25, 0.3) is 16.6 Å². The highest BCUT2D eigenvalue weighted by molar-refractivity contribution is 8.02. The number of aromatic nitrogens is 2. The number of aliphatic hydroxyl groups excluding tert-OH is 1. The SMILES string of the molecule is C=C(NC(Cc1ccccc1)C(O)CNCc1ccncc1)c1cc2c3c(c1)c(CC)cn3CCS(=O)(=CC)N2C. The van der Waals surface area contributed by atoms with E-state index in [2.05, 4.69) is 64.1 Å². The Morgan fingerprint density at radius 1 is 1.17 bits per heavy atom. The Hall–Kier alpha value is -3.59. The molecule has 0 spiro atoms. The lowest BCUT2D eigenvalue weighted by atomic mass is 9.99. The average molecular weight is 572 g/mol. The predicted molar refractivity (Wildman–Crippen MR) is 173 cm³/mol. The molecule has 2 aromatic carbocycles. The van der Waals surface area contributed by atoms with Gasteiger partial charge in [-0.3, -0.25) is 4.98 Å². The van der Waals surface area contributed by atoms with Crippen molar-refractivity contribution in [2.75, 3.05) is 23.7 Å². The van der Waals surface area contributed by atoms with Crippen molar-refractivity contribution in [2.24, 2.45) is 0 Å². The molecule has 3 heterocycles. The molecule has 5 rings (SSSR count). The van der Waals surface area contributed by atoms with E-state index in [-0.39, 0.29) is 6.04 Å². The number of nitrogens with zero attached hydrogens (tertiary/aromatic N) is 3. The summed E-state index contributed by atoms with van der Waals surface area (Å²) in [6, 6.07) is 18.1. The summed E-state index contributed by atoms with van der Waals surface area (Å²) in [6.07, 6.45) is 6.64. The summed E-state index contributed by atoms with van der Waals surface area (Å²) in [6.45, 7) is 10.3. The molecule has 0 bridgehead atoms. The molecule has 3 atom stereocenters. The zero-order chi connectivity index (χ0) is 29.0. The molecule has 0 aliphatic carbocycles. The third-order valence-corrected chi connectivity index (χ3v) is 10.7. The molecule has 216 valence electrons. The van der Waals surface area contributed by atoms with Crippen LogP contribution in [0.2, 0.25) is 0 Å². The van der Waals surface area contributed by atoms with Crippen molar-refractivity contribution in [3.8, 4) is 0 Å². The third-order valence-electron chi connectivity index (χ3n) is 8.11. The van der Waals surface area contributed by atoms with E-state index in [0.29, 0.717) is 31.8 Å². The van der Waals surface area contributed by atoms with Gasteiger partial charge >= 0.3 is 0 Å². The van der Waals surface area contributed by atoms with E-state index in [1.807, 2.05) is 54.0 Å². The minimum absolute atomic E-state index is 0.272. The van der Waals surface area contributed by atoms with Gasteiger partial charge in [0.05, 0.1) is 38.8 Å². The first-order valence-corrected chi connectivity index (χ1v) is 16.1. The number of benzene rings is 2. The van der Waals surface area contributed by atoms with Crippen molar-refractivity contribution in [2.45, 2.75) is 51.9 Å². The second-order valence-corrected chi connectivity index (χ2v) is 13.5. The summed E-state index contributed by atoms with van der Waals surface area (Å²) in [5.74, 6) is 0.577. The average Bonchev–Trinajstić information content (AvgIpc) is 3.32. The molecule has 7 nitrogen and oxygen atoms in total. The monoisotopic (exact) mass is 571 g/mol. The van der Waals surface area contributed by atoms with Crippen LogP contribution in [0.4, 0.5) is 5.69 Å². The Bertz CT molecular complexity index is 1620. The molecule has 0 amide bonds. The van der Waals surface area contributed by atoms with E-state index in [1.54, 1.807) is 12.4 Å². The van der Waals surface area contributed by atoms with Gasteiger partial charge in [-0.25, -0.2) is 4.21 Å². The van der Waals surface area contributed by atoms with Crippen molar-refractivity contribution in [3.63, 3.8) is 0 Å². The molecule has 2 aromatic heterocycles. The Labute approximate surface area is 244 Å². The fourth-order valence-electron chi connectivity index (χ4n) is 5.63. The molecule has 3 N–H and O–H groups in total. The van der Waals surface area contributed by atoms with Crippen molar-refractivity contribution >= 4 is 37.4 Å². The van der Waals surface area contributed by atoms with E-state index in [0.717, 1.165) is 45.4 Å². The first kappa shape index (κ1) is 28.9. The number of pyridine rings is 1. The number of hydrogen-bond donors (Lipinski definition) is 3. The fraction of sp³-hybridized carbons (Fsp3) is 0.333. The lowest BCUT2D eigenvalue weighted by Gasteiger charge is -2.28. The highest BCUT2D eigenvalue weighted by Crippen LogP contribution is 2.37. The van der Waals surface area contributed by atoms with Gasteiger partial charge in [-0.2, -0.15) is 0 Å². The quantitative estimate of drug-likeness (QED) is 0.233. The van der Waals surface area contributed by atoms with Gasteiger partial charge in [-0.15, -0.1) is 0 Å². The topological polar surface area (TPSA) is 82.4 Å². The zero-order valence-electron chi connectivity index (χ0n) is 24.2. The minimum Gasteiger partial charge on any atom is -0.390 e. The first-order chi connectivity index (χ1) is 19.8. The molecule has 4 aromatic rings. The van der Waals surface area contributed by atoms with Gasteiger partial charge in [0.15, 0.2) is 0 Å². The summed E-state index contributed by atoms with van der Waals surface area (Å²) in [4.78, 5) is 4.08. The van der Waals surface area contributed by atoms with Gasteiger partial charge in [0.1, 0.15) is 0 Å². The van der Waals surface area contributed by atoms with Crippen LogP contribution in [-0.2, 0) is 35.6 Å². The normalized spacial score (nSPS) is 18.1. The Balaban J connectivity index is 1.44. The lowest BCUT2D eigenvalue weighted by molar-refractivity contribution is 0.132. The summed E-state index contributed by atoms with van der Waals surface area (Å²) < 4.78 is 18.0. The number of anilines is 1. The van der Waals surface area contributed by atoms with Gasteiger partial charge in [-0.05, 0) is 71.7 Å². The van der Waals surface area contributed by atoms with Crippen molar-refractivity contribution < 1.29 is 9.32 Å². The second-order valence-electron chi connectivity index (χ2n) is 10.7. The molecule has 0 fully saturated rings. The highest BCUT2D eigenvalue weighted by Gasteiger charge is 2.26. The van der Waals surface area contributed by atoms with Gasteiger partial charge in [0.25, 0.3) is 0 Å². The molecule has 1 aliphatic rings. The number of aliphatic hydroxyl groups is 1. The maximum Gasteiger partial charge on any atom is 0.0868 e. The molecule has 3 unspecified atom stereocenters. The van der Waals surface area contributed by atoms with Crippen LogP contribution in [0.5, 0.6) is 0 Å². The number of rotatable bonds is 11. The van der Waals surface area contributed by atoms with Gasteiger partial charge in [0, 0.05) is 56.4 Å². The molecular weight excluding hydrogens is 530 g/mol.